The highest BCUT2D eigenvalue weighted by atomic mass is 32.2. The normalized spacial score (nSPS) is 11.8. The van der Waals surface area contributed by atoms with Crippen LogP contribution >= 0.6 is 0 Å². The summed E-state index contributed by atoms with van der Waals surface area (Å²) in [5, 5.41) is 7.82. The summed E-state index contributed by atoms with van der Waals surface area (Å²) in [4.78, 5) is -0.221. The van der Waals surface area contributed by atoms with Gasteiger partial charge in [-0.3, -0.25) is 4.55 Å². The first-order chi connectivity index (χ1) is 8.95. The summed E-state index contributed by atoms with van der Waals surface area (Å²) >= 11 is 0. The minimum atomic E-state index is -4.23. The van der Waals surface area contributed by atoms with Gasteiger partial charge in [0.15, 0.2) is 0 Å². The molecule has 0 aliphatic rings. The lowest BCUT2D eigenvalue weighted by Gasteiger charge is -1.98. The van der Waals surface area contributed by atoms with Gasteiger partial charge in [0, 0.05) is 5.69 Å². The Morgan fingerprint density at radius 2 is 1.58 bits per heavy atom. The summed E-state index contributed by atoms with van der Waals surface area (Å²) in [5.74, 6) is 0. The second-order valence-electron chi connectivity index (χ2n) is 3.76. The van der Waals surface area contributed by atoms with Crippen LogP contribution in [0.4, 0.5) is 17.1 Å². The molecular formula is C12H11N3O3S. The van der Waals surface area contributed by atoms with Crippen LogP contribution in [0, 0.1) is 0 Å². The van der Waals surface area contributed by atoms with Crippen LogP contribution in [0.5, 0.6) is 0 Å². The Balaban J connectivity index is 2.26. The molecule has 0 heterocycles. The van der Waals surface area contributed by atoms with Crippen LogP contribution in [0.15, 0.2) is 63.7 Å². The lowest BCUT2D eigenvalue weighted by molar-refractivity contribution is 0.483. The van der Waals surface area contributed by atoms with Crippen LogP contribution in [0.2, 0.25) is 0 Å². The van der Waals surface area contributed by atoms with Crippen molar-refractivity contribution in [3.8, 4) is 0 Å². The Morgan fingerprint density at radius 1 is 0.947 bits per heavy atom. The van der Waals surface area contributed by atoms with Gasteiger partial charge in [0.2, 0.25) is 0 Å². The van der Waals surface area contributed by atoms with Crippen molar-refractivity contribution in [1.82, 2.24) is 0 Å². The van der Waals surface area contributed by atoms with Crippen LogP contribution in [-0.2, 0) is 10.1 Å². The topological polar surface area (TPSA) is 105 Å². The molecule has 19 heavy (non-hydrogen) atoms. The van der Waals surface area contributed by atoms with E-state index >= 15 is 0 Å². The van der Waals surface area contributed by atoms with E-state index < -0.39 is 10.1 Å². The molecule has 0 saturated heterocycles. The van der Waals surface area contributed by atoms with Gasteiger partial charge in [-0.25, -0.2) is 0 Å². The number of hydrogen-bond acceptors (Lipinski definition) is 5. The average molecular weight is 277 g/mol. The van der Waals surface area contributed by atoms with E-state index in [1.165, 1.54) is 18.2 Å². The van der Waals surface area contributed by atoms with E-state index in [-0.39, 0.29) is 4.90 Å². The summed E-state index contributed by atoms with van der Waals surface area (Å²) in [6.07, 6.45) is 0. The first-order valence-electron chi connectivity index (χ1n) is 5.30. The smallest absolute Gasteiger partial charge is 0.294 e. The van der Waals surface area contributed by atoms with Crippen LogP contribution in [0.25, 0.3) is 0 Å². The zero-order chi connectivity index (χ0) is 13.9. The van der Waals surface area contributed by atoms with Gasteiger partial charge < -0.3 is 5.73 Å². The van der Waals surface area contributed by atoms with Gasteiger partial charge in [0.25, 0.3) is 10.1 Å². The number of nitrogen functional groups attached to an aromatic ring is 1. The van der Waals surface area contributed by atoms with E-state index in [2.05, 4.69) is 10.2 Å². The van der Waals surface area contributed by atoms with Gasteiger partial charge in [-0.05, 0) is 42.5 Å². The molecule has 2 aromatic carbocycles. The Hall–Kier alpha value is -2.25. The van der Waals surface area contributed by atoms with Gasteiger partial charge in [-0.1, -0.05) is 6.07 Å². The predicted molar refractivity (Wildman–Crippen MR) is 71.3 cm³/mol. The maximum absolute atomic E-state index is 11.0. The Kier molecular flexibility index (Phi) is 3.59. The highest BCUT2D eigenvalue weighted by Gasteiger charge is 2.09. The van der Waals surface area contributed by atoms with Gasteiger partial charge in [-0.2, -0.15) is 18.6 Å². The number of azo groups is 1. The highest BCUT2D eigenvalue weighted by Crippen LogP contribution is 2.21. The number of nitrogens with zero attached hydrogens (tertiary/aromatic N) is 2. The van der Waals surface area contributed by atoms with E-state index in [0.717, 1.165) is 0 Å². The molecule has 98 valence electrons. The predicted octanol–water partition coefficient (Wildman–Crippen LogP) is 2.93. The van der Waals surface area contributed by atoms with Crippen molar-refractivity contribution < 1.29 is 13.0 Å². The van der Waals surface area contributed by atoms with E-state index in [0.29, 0.717) is 17.1 Å². The molecule has 0 bridgehead atoms. The first-order valence-corrected chi connectivity index (χ1v) is 6.74. The van der Waals surface area contributed by atoms with Crippen molar-refractivity contribution >= 4 is 27.2 Å². The van der Waals surface area contributed by atoms with Crippen molar-refractivity contribution in [2.75, 3.05) is 5.73 Å². The fourth-order valence-electron chi connectivity index (χ4n) is 1.36. The third kappa shape index (κ3) is 3.60. The van der Waals surface area contributed by atoms with E-state index in [9.17, 15) is 8.42 Å². The average Bonchev–Trinajstić information content (AvgIpc) is 2.37. The number of rotatable bonds is 3. The highest BCUT2D eigenvalue weighted by molar-refractivity contribution is 7.85. The van der Waals surface area contributed by atoms with Crippen LogP contribution in [-0.4, -0.2) is 13.0 Å². The molecule has 0 radical (unpaired) electrons. The van der Waals surface area contributed by atoms with Crippen LogP contribution < -0.4 is 5.73 Å². The van der Waals surface area contributed by atoms with Gasteiger partial charge in [-0.15, -0.1) is 0 Å². The molecule has 0 aliphatic heterocycles. The third-order valence-electron chi connectivity index (χ3n) is 2.29. The second kappa shape index (κ2) is 5.17. The fraction of sp³-hybridized carbons (Fsp3) is 0. The Morgan fingerprint density at radius 3 is 2.21 bits per heavy atom. The lowest BCUT2D eigenvalue weighted by atomic mass is 10.3. The van der Waals surface area contributed by atoms with Crippen molar-refractivity contribution in [2.45, 2.75) is 4.90 Å². The standard InChI is InChI=1S/C12H11N3O3S/c13-9-4-6-10(7-5-9)14-15-11-2-1-3-12(8-11)19(16,17)18/h1-8H,13H2,(H,16,17,18)/b15-14+. The number of anilines is 1. The molecule has 0 unspecified atom stereocenters. The molecule has 2 rings (SSSR count). The summed E-state index contributed by atoms with van der Waals surface area (Å²) in [7, 11) is -4.23. The third-order valence-corrected chi connectivity index (χ3v) is 3.14. The zero-order valence-corrected chi connectivity index (χ0v) is 10.6. The maximum Gasteiger partial charge on any atom is 0.294 e. The molecule has 0 aliphatic carbocycles. The molecule has 0 saturated carbocycles. The zero-order valence-electron chi connectivity index (χ0n) is 9.76. The van der Waals surface area contributed by atoms with Crippen LogP contribution in [0.3, 0.4) is 0 Å². The molecule has 3 N–H and O–H groups in total. The molecule has 0 spiro atoms. The van der Waals surface area contributed by atoms with E-state index in [1.807, 2.05) is 0 Å². The maximum atomic E-state index is 11.0. The summed E-state index contributed by atoms with van der Waals surface area (Å²) in [6.45, 7) is 0. The number of hydrogen-bond donors (Lipinski definition) is 2. The second-order valence-corrected chi connectivity index (χ2v) is 5.19. The van der Waals surface area contributed by atoms with Crippen LogP contribution in [0.1, 0.15) is 0 Å². The molecule has 0 aromatic heterocycles. The largest absolute Gasteiger partial charge is 0.399 e. The fourth-order valence-corrected chi connectivity index (χ4v) is 1.88. The molecule has 7 heteroatoms. The Labute approximate surface area is 110 Å². The van der Waals surface area contributed by atoms with Crippen molar-refractivity contribution in [3.63, 3.8) is 0 Å². The van der Waals surface area contributed by atoms with Crippen molar-refractivity contribution in [3.05, 3.63) is 48.5 Å². The first kappa shape index (κ1) is 13.2. The molecular weight excluding hydrogens is 266 g/mol. The molecule has 2 aromatic rings. The Bertz CT molecular complexity index is 709. The number of benzene rings is 2. The van der Waals surface area contributed by atoms with Gasteiger partial charge in [0.1, 0.15) is 0 Å². The molecule has 0 amide bonds. The van der Waals surface area contributed by atoms with Crippen molar-refractivity contribution in [1.29, 1.82) is 0 Å². The van der Waals surface area contributed by atoms with E-state index in [1.54, 1.807) is 30.3 Å². The van der Waals surface area contributed by atoms with Crippen molar-refractivity contribution in [2.24, 2.45) is 10.2 Å². The SMILES string of the molecule is Nc1ccc(/N=N/c2cccc(S(=O)(=O)O)c2)cc1. The van der Waals surface area contributed by atoms with Gasteiger partial charge in [0.05, 0.1) is 16.3 Å². The lowest BCUT2D eigenvalue weighted by Crippen LogP contribution is -1.96. The minimum Gasteiger partial charge on any atom is -0.399 e. The number of nitrogens with two attached hydrogens (primary N) is 1. The molecule has 0 atom stereocenters. The van der Waals surface area contributed by atoms with Gasteiger partial charge >= 0.3 is 0 Å². The summed E-state index contributed by atoms with van der Waals surface area (Å²) in [5.41, 5.74) is 7.07. The summed E-state index contributed by atoms with van der Waals surface area (Å²) in [6, 6.07) is 12.3. The summed E-state index contributed by atoms with van der Waals surface area (Å²) < 4.78 is 30.8. The minimum absolute atomic E-state index is 0.221. The molecule has 0 fully saturated rings. The quantitative estimate of drug-likeness (QED) is 0.511. The monoisotopic (exact) mass is 277 g/mol. The molecule has 6 nitrogen and oxygen atoms in total. The van der Waals surface area contributed by atoms with E-state index in [4.69, 9.17) is 10.3 Å².